The van der Waals surface area contributed by atoms with Crippen molar-refractivity contribution in [3.8, 4) is 0 Å². The number of hydrogen-bond acceptors (Lipinski definition) is 6. The number of carboxylic acid groups (broad SMARTS) is 1. The fourth-order valence-corrected chi connectivity index (χ4v) is 3.20. The molecule has 3 aromatic rings. The molecule has 0 spiro atoms. The van der Waals surface area contributed by atoms with Crippen LogP contribution in [0.2, 0.25) is 0 Å². The summed E-state index contributed by atoms with van der Waals surface area (Å²) in [5, 5.41) is 17.9. The average Bonchev–Trinajstić information content (AvgIpc) is 3.17. The Morgan fingerprint density at radius 2 is 2.17 bits per heavy atom. The monoisotopic (exact) mass is 345 g/mol. The summed E-state index contributed by atoms with van der Waals surface area (Å²) in [6, 6.07) is 1.85. The molecular formula is C15H15N5O3S. The molecule has 0 saturated heterocycles. The predicted molar refractivity (Wildman–Crippen MR) is 88.0 cm³/mol. The highest BCUT2D eigenvalue weighted by Crippen LogP contribution is 2.27. The molecule has 124 valence electrons. The van der Waals surface area contributed by atoms with E-state index in [1.807, 2.05) is 19.9 Å². The van der Waals surface area contributed by atoms with Gasteiger partial charge in [-0.3, -0.25) is 14.7 Å². The average molecular weight is 345 g/mol. The first-order valence-corrected chi connectivity index (χ1v) is 8.07. The molecule has 1 aromatic carbocycles. The van der Waals surface area contributed by atoms with E-state index >= 15 is 0 Å². The number of H-pyrrole nitrogens is 1. The lowest BCUT2D eigenvalue weighted by atomic mass is 10.0. The smallest absolute Gasteiger partial charge is 0.311 e. The number of aromatic amines is 1. The number of rotatable bonds is 5. The topological polar surface area (TPSA) is 121 Å². The Kier molecular flexibility index (Phi) is 4.26. The number of amides is 1. The van der Waals surface area contributed by atoms with Gasteiger partial charge < -0.3 is 10.4 Å². The third-order valence-corrected chi connectivity index (χ3v) is 4.53. The molecule has 9 heteroatoms. The van der Waals surface area contributed by atoms with Gasteiger partial charge in [-0.1, -0.05) is 0 Å². The van der Waals surface area contributed by atoms with Gasteiger partial charge in [-0.05, 0) is 31.0 Å². The molecule has 0 saturated carbocycles. The second kappa shape index (κ2) is 6.36. The van der Waals surface area contributed by atoms with Gasteiger partial charge in [-0.25, -0.2) is 9.97 Å². The SMILES string of the molecule is Cc1cc(C(=O)NCc2nc(CC(=O)O)n[nH]2)c2scnc2c1C. The third kappa shape index (κ3) is 3.11. The number of nitrogens with zero attached hydrogens (tertiary/aromatic N) is 3. The molecule has 0 unspecified atom stereocenters. The van der Waals surface area contributed by atoms with Crippen molar-refractivity contribution in [1.29, 1.82) is 0 Å². The fourth-order valence-electron chi connectivity index (χ4n) is 2.34. The van der Waals surface area contributed by atoms with E-state index in [0.717, 1.165) is 21.3 Å². The number of hydrogen-bond donors (Lipinski definition) is 3. The van der Waals surface area contributed by atoms with Gasteiger partial charge in [-0.2, -0.15) is 5.10 Å². The number of nitrogens with one attached hydrogen (secondary N) is 2. The molecule has 0 aliphatic rings. The molecule has 0 aliphatic heterocycles. The lowest BCUT2D eigenvalue weighted by molar-refractivity contribution is -0.136. The first-order chi connectivity index (χ1) is 11.5. The highest BCUT2D eigenvalue weighted by atomic mass is 32.1. The number of aliphatic carboxylic acids is 1. The van der Waals surface area contributed by atoms with Crippen LogP contribution in [0.4, 0.5) is 0 Å². The Hall–Kier alpha value is -2.81. The summed E-state index contributed by atoms with van der Waals surface area (Å²) in [5.41, 5.74) is 5.20. The van der Waals surface area contributed by atoms with E-state index < -0.39 is 5.97 Å². The van der Waals surface area contributed by atoms with Crippen LogP contribution >= 0.6 is 11.3 Å². The molecule has 0 bridgehead atoms. The quantitative estimate of drug-likeness (QED) is 0.646. The van der Waals surface area contributed by atoms with Crippen molar-refractivity contribution in [2.75, 3.05) is 0 Å². The Morgan fingerprint density at radius 1 is 1.38 bits per heavy atom. The minimum Gasteiger partial charge on any atom is -0.481 e. The van der Waals surface area contributed by atoms with E-state index in [9.17, 15) is 9.59 Å². The number of thiazole rings is 1. The molecule has 0 fully saturated rings. The van der Waals surface area contributed by atoms with Crippen molar-refractivity contribution < 1.29 is 14.7 Å². The van der Waals surface area contributed by atoms with Crippen LogP contribution < -0.4 is 5.32 Å². The second-order valence-corrected chi connectivity index (χ2v) is 6.20. The van der Waals surface area contributed by atoms with Gasteiger partial charge in [0.2, 0.25) is 0 Å². The lowest BCUT2D eigenvalue weighted by Crippen LogP contribution is -2.23. The maximum atomic E-state index is 12.5. The van der Waals surface area contributed by atoms with Gasteiger partial charge >= 0.3 is 5.97 Å². The van der Waals surface area contributed by atoms with Gasteiger partial charge in [0.25, 0.3) is 5.91 Å². The molecule has 3 N–H and O–H groups in total. The molecule has 2 aromatic heterocycles. The Bertz CT molecular complexity index is 930. The van der Waals surface area contributed by atoms with E-state index in [1.165, 1.54) is 11.3 Å². The van der Waals surface area contributed by atoms with E-state index in [1.54, 1.807) is 5.51 Å². The van der Waals surface area contributed by atoms with Crippen LogP contribution in [0, 0.1) is 13.8 Å². The van der Waals surface area contributed by atoms with Gasteiger partial charge in [0, 0.05) is 0 Å². The molecule has 8 nitrogen and oxygen atoms in total. The van der Waals surface area contributed by atoms with Gasteiger partial charge in [-0.15, -0.1) is 11.3 Å². The summed E-state index contributed by atoms with van der Waals surface area (Å²) in [6.07, 6.45) is -0.261. The van der Waals surface area contributed by atoms with Crippen LogP contribution in [-0.2, 0) is 17.8 Å². The van der Waals surface area contributed by atoms with Crippen LogP contribution in [0.3, 0.4) is 0 Å². The normalized spacial score (nSPS) is 10.9. The highest BCUT2D eigenvalue weighted by molar-refractivity contribution is 7.17. The maximum Gasteiger partial charge on any atom is 0.311 e. The fraction of sp³-hybridized carbons (Fsp3) is 0.267. The molecule has 24 heavy (non-hydrogen) atoms. The Labute approximate surface area is 141 Å². The number of aryl methyl sites for hydroxylation is 2. The molecule has 0 aliphatic carbocycles. The number of carboxylic acids is 1. The summed E-state index contributed by atoms with van der Waals surface area (Å²) in [4.78, 5) is 31.5. The van der Waals surface area contributed by atoms with Crippen LogP contribution in [0.15, 0.2) is 11.6 Å². The van der Waals surface area contributed by atoms with Gasteiger partial charge in [0.1, 0.15) is 12.2 Å². The third-order valence-electron chi connectivity index (χ3n) is 3.67. The van der Waals surface area contributed by atoms with Crippen LogP contribution in [0.25, 0.3) is 10.2 Å². The maximum absolute atomic E-state index is 12.5. The standard InChI is InChI=1S/C15H15N5O3S/c1-7-3-9(14-13(8(7)2)17-6-24-14)15(23)16-5-11-18-10(19-20-11)4-12(21)22/h3,6H,4-5H2,1-2H3,(H,16,23)(H,21,22)(H,18,19,20). The number of carbonyl (C=O) groups is 2. The molecule has 0 atom stereocenters. The van der Waals surface area contributed by atoms with Crippen LogP contribution in [-0.4, -0.2) is 37.1 Å². The zero-order valence-electron chi connectivity index (χ0n) is 13.1. The zero-order valence-corrected chi connectivity index (χ0v) is 13.9. The minimum absolute atomic E-state index is 0.138. The Balaban J connectivity index is 1.76. The van der Waals surface area contributed by atoms with E-state index in [2.05, 4.69) is 25.5 Å². The first kappa shape index (κ1) is 16.1. The molecule has 1 amide bonds. The van der Waals surface area contributed by atoms with Crippen molar-refractivity contribution in [3.63, 3.8) is 0 Å². The summed E-state index contributed by atoms with van der Waals surface area (Å²) in [5.74, 6) is -0.650. The van der Waals surface area contributed by atoms with Crippen molar-refractivity contribution >= 4 is 33.4 Å². The molecular weight excluding hydrogens is 330 g/mol. The van der Waals surface area contributed by atoms with E-state index in [-0.39, 0.29) is 24.7 Å². The molecule has 3 rings (SSSR count). The molecule has 0 radical (unpaired) electrons. The minimum atomic E-state index is -1.01. The largest absolute Gasteiger partial charge is 0.481 e. The zero-order chi connectivity index (χ0) is 17.3. The van der Waals surface area contributed by atoms with Crippen molar-refractivity contribution in [2.45, 2.75) is 26.8 Å². The van der Waals surface area contributed by atoms with Crippen LogP contribution in [0.1, 0.15) is 33.1 Å². The van der Waals surface area contributed by atoms with Crippen molar-refractivity contribution in [1.82, 2.24) is 25.5 Å². The van der Waals surface area contributed by atoms with Crippen molar-refractivity contribution in [2.24, 2.45) is 0 Å². The summed E-state index contributed by atoms with van der Waals surface area (Å²) >= 11 is 1.42. The van der Waals surface area contributed by atoms with E-state index in [0.29, 0.717) is 11.4 Å². The highest BCUT2D eigenvalue weighted by Gasteiger charge is 2.16. The second-order valence-electron chi connectivity index (χ2n) is 5.35. The van der Waals surface area contributed by atoms with E-state index in [4.69, 9.17) is 5.11 Å². The predicted octanol–water partition coefficient (Wildman–Crippen LogP) is 1.59. The van der Waals surface area contributed by atoms with Gasteiger partial charge in [0.05, 0.1) is 27.8 Å². The first-order valence-electron chi connectivity index (χ1n) is 7.19. The number of benzene rings is 1. The number of fused-ring (bicyclic) bond motifs is 1. The Morgan fingerprint density at radius 3 is 2.92 bits per heavy atom. The summed E-state index contributed by atoms with van der Waals surface area (Å²) in [7, 11) is 0. The summed E-state index contributed by atoms with van der Waals surface area (Å²) < 4.78 is 0.847. The molecule has 2 heterocycles. The summed E-state index contributed by atoms with van der Waals surface area (Å²) in [6.45, 7) is 4.07. The number of carbonyl (C=O) groups excluding carboxylic acids is 1. The lowest BCUT2D eigenvalue weighted by Gasteiger charge is -2.08. The van der Waals surface area contributed by atoms with Crippen molar-refractivity contribution in [3.05, 3.63) is 39.9 Å². The number of aromatic nitrogens is 4. The van der Waals surface area contributed by atoms with Gasteiger partial charge in [0.15, 0.2) is 5.82 Å². The van der Waals surface area contributed by atoms with Crippen LogP contribution in [0.5, 0.6) is 0 Å².